The van der Waals surface area contributed by atoms with Gasteiger partial charge in [-0.2, -0.15) is 0 Å². The van der Waals surface area contributed by atoms with Crippen LogP contribution >= 0.6 is 0 Å². The van der Waals surface area contributed by atoms with E-state index in [4.69, 9.17) is 5.84 Å². The molecule has 3 N–H and O–H groups in total. The first-order valence-corrected chi connectivity index (χ1v) is 2.63. The molecule has 0 spiro atoms. The van der Waals surface area contributed by atoms with Gasteiger partial charge in [0.15, 0.2) is 5.69 Å². The van der Waals surface area contributed by atoms with Crippen LogP contribution in [0.25, 0.3) is 0 Å². The third-order valence-corrected chi connectivity index (χ3v) is 0.963. The largest absolute Gasteiger partial charge is 0.327 e. The molecule has 0 aliphatic rings. The van der Waals surface area contributed by atoms with E-state index in [1.54, 1.807) is 6.07 Å². The first kappa shape index (κ1) is 6.47. The minimum absolute atomic E-state index is 0.213. The van der Waals surface area contributed by atoms with Crippen LogP contribution in [0.5, 0.6) is 0 Å². The first-order chi connectivity index (χ1) is 4.84. The van der Waals surface area contributed by atoms with Gasteiger partial charge in [0.1, 0.15) is 0 Å². The van der Waals surface area contributed by atoms with E-state index in [2.05, 4.69) is 15.3 Å². The molecule has 1 heterocycles. The van der Waals surface area contributed by atoms with Crippen molar-refractivity contribution in [3.05, 3.63) is 28.7 Å². The summed E-state index contributed by atoms with van der Waals surface area (Å²) >= 11 is 0. The highest BCUT2D eigenvalue weighted by Gasteiger charge is 1.91. The molecule has 0 radical (unpaired) electrons. The number of rotatable bonds is 1. The summed E-state index contributed by atoms with van der Waals surface area (Å²) in [6, 6.07) is 3.17. The third-order valence-electron chi connectivity index (χ3n) is 0.963. The Balaban J connectivity index is 3.16. The number of hydrogen-bond acceptors (Lipinski definition) is 3. The zero-order chi connectivity index (χ0) is 7.40. The second-order valence-corrected chi connectivity index (χ2v) is 1.60. The Morgan fingerprint density at radius 1 is 1.60 bits per heavy atom. The number of H-pyrrole nitrogens is 1. The molecule has 10 heavy (non-hydrogen) atoms. The Hall–Kier alpha value is -1.65. The Bertz CT molecular complexity index is 290. The predicted octanol–water partition coefficient (Wildman–Crippen LogP) is 0.332. The van der Waals surface area contributed by atoms with E-state index in [1.807, 2.05) is 0 Å². The fourth-order valence-electron chi connectivity index (χ4n) is 0.554. The second-order valence-electron chi connectivity index (χ2n) is 1.60. The summed E-state index contributed by atoms with van der Waals surface area (Å²) < 4.78 is 0. The topological polar surface area (TPSA) is 83.6 Å². The molecule has 0 unspecified atom stereocenters. The van der Waals surface area contributed by atoms with E-state index in [0.717, 1.165) is 0 Å². The van der Waals surface area contributed by atoms with Crippen LogP contribution in [0.1, 0.15) is 0 Å². The van der Waals surface area contributed by atoms with E-state index in [1.165, 1.54) is 12.3 Å². The van der Waals surface area contributed by atoms with Crippen LogP contribution in [0.2, 0.25) is 0 Å². The van der Waals surface area contributed by atoms with Crippen LogP contribution in [0.4, 0.5) is 5.69 Å². The summed E-state index contributed by atoms with van der Waals surface area (Å²) in [5, 5.41) is 6.34. The van der Waals surface area contributed by atoms with Crippen LogP contribution in [0.3, 0.4) is 0 Å². The molecule has 1 aromatic heterocycles. The number of aromatic nitrogens is 1. The average molecular weight is 138 g/mol. The van der Waals surface area contributed by atoms with E-state index in [0.29, 0.717) is 0 Å². The van der Waals surface area contributed by atoms with Crippen molar-refractivity contribution in [3.8, 4) is 0 Å². The molecule has 1 aromatic rings. The van der Waals surface area contributed by atoms with E-state index >= 15 is 0 Å². The van der Waals surface area contributed by atoms with Crippen LogP contribution < -0.4 is 11.4 Å². The third kappa shape index (κ3) is 1.19. The highest BCUT2D eigenvalue weighted by molar-refractivity contribution is 5.30. The lowest BCUT2D eigenvalue weighted by molar-refractivity contribution is 1.04. The fourth-order valence-corrected chi connectivity index (χ4v) is 0.554. The van der Waals surface area contributed by atoms with E-state index in [9.17, 15) is 4.79 Å². The molecule has 0 aliphatic heterocycles. The Morgan fingerprint density at radius 2 is 2.40 bits per heavy atom. The van der Waals surface area contributed by atoms with Crippen molar-refractivity contribution in [1.82, 2.24) is 4.98 Å². The quantitative estimate of drug-likeness (QED) is 0.333. The highest BCUT2D eigenvalue weighted by Crippen LogP contribution is 1.99. The van der Waals surface area contributed by atoms with Gasteiger partial charge in [-0.05, 0) is 12.1 Å². The molecule has 0 saturated carbocycles. The summed E-state index contributed by atoms with van der Waals surface area (Å²) in [4.78, 5) is 13.2. The molecule has 0 aliphatic carbocycles. The summed E-state index contributed by atoms with van der Waals surface area (Å²) in [7, 11) is 0. The number of nitrogens with zero attached hydrogens (tertiary/aromatic N) is 2. The smallest absolute Gasteiger partial charge is 0.275 e. The predicted molar refractivity (Wildman–Crippen MR) is 35.8 cm³/mol. The van der Waals surface area contributed by atoms with Gasteiger partial charge in [0.25, 0.3) is 5.56 Å². The zero-order valence-electron chi connectivity index (χ0n) is 5.11. The number of pyridine rings is 1. The van der Waals surface area contributed by atoms with E-state index in [-0.39, 0.29) is 11.2 Å². The lowest BCUT2D eigenvalue weighted by atomic mass is 10.4. The van der Waals surface area contributed by atoms with Gasteiger partial charge < -0.3 is 10.8 Å². The molecule has 0 fully saturated rings. The van der Waals surface area contributed by atoms with Gasteiger partial charge >= 0.3 is 0 Å². The van der Waals surface area contributed by atoms with Crippen molar-refractivity contribution in [2.24, 2.45) is 16.2 Å². The van der Waals surface area contributed by atoms with Crippen LogP contribution in [-0.4, -0.2) is 4.98 Å². The van der Waals surface area contributed by atoms with Gasteiger partial charge in [0, 0.05) is 6.20 Å². The molecule has 52 valence electrons. The van der Waals surface area contributed by atoms with Gasteiger partial charge in [0.2, 0.25) is 0 Å². The average Bonchev–Trinajstić information content (AvgIpc) is 1.94. The molecule has 0 bridgehead atoms. The number of nitrogens with two attached hydrogens (primary N) is 1. The second kappa shape index (κ2) is 2.77. The number of hydrogen-bond donors (Lipinski definition) is 2. The molecule has 0 aromatic carbocycles. The van der Waals surface area contributed by atoms with Crippen LogP contribution in [-0.2, 0) is 0 Å². The summed E-state index contributed by atoms with van der Waals surface area (Å²) in [6.07, 6.45) is 1.51. The fraction of sp³-hybridized carbons (Fsp3) is 0. The van der Waals surface area contributed by atoms with Gasteiger partial charge in [-0.25, -0.2) is 0 Å². The van der Waals surface area contributed by atoms with Gasteiger partial charge in [-0.15, -0.1) is 5.11 Å². The molecule has 5 nitrogen and oxygen atoms in total. The lowest BCUT2D eigenvalue weighted by Crippen LogP contribution is -2.02. The zero-order valence-corrected chi connectivity index (χ0v) is 5.11. The molecule has 1 rings (SSSR count). The SMILES string of the molecule is NN=Nc1ccc[nH]c1=O. The van der Waals surface area contributed by atoms with E-state index < -0.39 is 0 Å². The van der Waals surface area contributed by atoms with Crippen molar-refractivity contribution >= 4 is 5.69 Å². The maximum atomic E-state index is 10.7. The van der Waals surface area contributed by atoms with Gasteiger partial charge in [-0.3, -0.25) is 4.79 Å². The molecule has 0 amide bonds. The normalized spacial score (nSPS) is 10.4. The number of nitrogens with one attached hydrogen (secondary N) is 1. The van der Waals surface area contributed by atoms with Crippen LogP contribution in [0, 0.1) is 0 Å². The van der Waals surface area contributed by atoms with Crippen molar-refractivity contribution in [1.29, 1.82) is 0 Å². The molecule has 0 saturated heterocycles. The monoisotopic (exact) mass is 138 g/mol. The van der Waals surface area contributed by atoms with Crippen molar-refractivity contribution in [3.63, 3.8) is 0 Å². The van der Waals surface area contributed by atoms with Crippen molar-refractivity contribution < 1.29 is 0 Å². The molecular formula is C5H6N4O. The van der Waals surface area contributed by atoms with Crippen molar-refractivity contribution in [2.75, 3.05) is 0 Å². The van der Waals surface area contributed by atoms with Gasteiger partial charge in [0.05, 0.1) is 0 Å². The minimum Gasteiger partial charge on any atom is -0.327 e. The Labute approximate surface area is 56.6 Å². The lowest BCUT2D eigenvalue weighted by Gasteiger charge is -1.85. The van der Waals surface area contributed by atoms with Crippen molar-refractivity contribution in [2.45, 2.75) is 0 Å². The highest BCUT2D eigenvalue weighted by atomic mass is 16.1. The van der Waals surface area contributed by atoms with Gasteiger partial charge in [-0.1, -0.05) is 5.22 Å². The number of aromatic amines is 1. The molecule has 5 heteroatoms. The Morgan fingerprint density at radius 3 is 3.00 bits per heavy atom. The summed E-state index contributed by atoms with van der Waals surface area (Å²) in [5.41, 5.74) is -0.0818. The molecular weight excluding hydrogens is 132 g/mol. The first-order valence-electron chi connectivity index (χ1n) is 2.63. The molecule has 0 atom stereocenters. The maximum absolute atomic E-state index is 10.7. The standard InChI is InChI=1S/C5H6N4O/c6-9-8-4-2-1-3-7-5(4)10/h1-3H,(H2,6,8)(H,7,10). The minimum atomic E-state index is -0.295. The Kier molecular flexibility index (Phi) is 1.79. The summed E-state index contributed by atoms with van der Waals surface area (Å²) in [5.74, 6) is 4.73. The maximum Gasteiger partial charge on any atom is 0.275 e. The van der Waals surface area contributed by atoms with Crippen LogP contribution in [0.15, 0.2) is 33.5 Å². The summed E-state index contributed by atoms with van der Waals surface area (Å²) in [6.45, 7) is 0.